The highest BCUT2D eigenvalue weighted by atomic mass is 16.6. The quantitative estimate of drug-likeness (QED) is 0.168. The molecule has 35 heavy (non-hydrogen) atoms. The Balaban J connectivity index is 2.15. The maximum absolute atomic E-state index is 12.6. The lowest BCUT2D eigenvalue weighted by Gasteiger charge is -2.14. The van der Waals surface area contributed by atoms with Gasteiger partial charge < -0.3 is 40.5 Å². The Labute approximate surface area is 205 Å². The number of carbonyl (C=O) groups is 2. The first-order valence-corrected chi connectivity index (χ1v) is 11.0. The molecule has 1 amide bonds. The zero-order valence-electron chi connectivity index (χ0n) is 20.5. The summed E-state index contributed by atoms with van der Waals surface area (Å²) in [5.74, 6) is 0.965. The Bertz CT molecular complexity index is 1010. The van der Waals surface area contributed by atoms with Gasteiger partial charge in [-0.05, 0) is 37.6 Å². The second-order valence-corrected chi connectivity index (χ2v) is 7.45. The van der Waals surface area contributed by atoms with E-state index in [2.05, 4.69) is 5.32 Å². The average Bonchev–Trinajstić information content (AvgIpc) is 2.87. The number of methoxy groups -OCH3 is 4. The molecule has 0 unspecified atom stereocenters. The number of rotatable bonds is 13. The molecule has 5 N–H and O–H groups in total. The number of amides is 1. The highest BCUT2D eigenvalue weighted by Gasteiger charge is 2.18. The molecule has 0 aliphatic carbocycles. The number of esters is 1. The fourth-order valence-electron chi connectivity index (χ4n) is 3.18. The maximum atomic E-state index is 12.6. The van der Waals surface area contributed by atoms with Crippen LogP contribution >= 0.6 is 0 Å². The standard InChI is InChI=1S/C25H33N3O7/c1-31-17-14-21(33-3)18(22(15-17)34-4)9-11-24(29)28-16-8-10-20(32-2)23(13-16)35-25(30)19(27)7-5-6-12-26/h8-11,13-15,19H,5-7,12,26-27H2,1-4H3,(H,28,29)/t19-/m1/s1. The van der Waals surface area contributed by atoms with Crippen molar-refractivity contribution in [2.75, 3.05) is 40.3 Å². The van der Waals surface area contributed by atoms with Crippen LogP contribution in [0.25, 0.3) is 6.08 Å². The molecule has 0 spiro atoms. The molecular weight excluding hydrogens is 454 g/mol. The molecule has 2 aromatic carbocycles. The van der Waals surface area contributed by atoms with Gasteiger partial charge in [-0.15, -0.1) is 0 Å². The van der Waals surface area contributed by atoms with Crippen LogP contribution in [0.5, 0.6) is 28.7 Å². The second kappa shape index (κ2) is 13.8. The Morgan fingerprint density at radius 2 is 1.57 bits per heavy atom. The minimum absolute atomic E-state index is 0.145. The van der Waals surface area contributed by atoms with Crippen LogP contribution in [0, 0.1) is 0 Å². The van der Waals surface area contributed by atoms with Crippen LogP contribution in [-0.4, -0.2) is 52.9 Å². The first-order chi connectivity index (χ1) is 16.9. The molecule has 0 aliphatic rings. The zero-order valence-corrected chi connectivity index (χ0v) is 20.5. The highest BCUT2D eigenvalue weighted by molar-refractivity contribution is 6.02. The van der Waals surface area contributed by atoms with Gasteiger partial charge >= 0.3 is 5.97 Å². The van der Waals surface area contributed by atoms with Crippen LogP contribution in [0.1, 0.15) is 24.8 Å². The van der Waals surface area contributed by atoms with Crippen molar-refractivity contribution in [2.24, 2.45) is 11.5 Å². The summed E-state index contributed by atoms with van der Waals surface area (Å²) in [5, 5.41) is 2.72. The number of benzene rings is 2. The van der Waals surface area contributed by atoms with Gasteiger partial charge in [0, 0.05) is 30.0 Å². The van der Waals surface area contributed by atoms with Crippen LogP contribution in [0.4, 0.5) is 5.69 Å². The van der Waals surface area contributed by atoms with Crippen LogP contribution in [-0.2, 0) is 9.59 Å². The highest BCUT2D eigenvalue weighted by Crippen LogP contribution is 2.35. The lowest BCUT2D eigenvalue weighted by atomic mass is 10.1. The van der Waals surface area contributed by atoms with Gasteiger partial charge in [0.15, 0.2) is 11.5 Å². The molecule has 0 aliphatic heterocycles. The normalized spacial score (nSPS) is 11.6. The van der Waals surface area contributed by atoms with Gasteiger partial charge in [-0.3, -0.25) is 4.79 Å². The summed E-state index contributed by atoms with van der Waals surface area (Å²) in [5.41, 5.74) is 12.4. The maximum Gasteiger partial charge on any atom is 0.328 e. The van der Waals surface area contributed by atoms with Crippen molar-refractivity contribution in [1.82, 2.24) is 0 Å². The van der Waals surface area contributed by atoms with Gasteiger partial charge in [-0.2, -0.15) is 0 Å². The molecule has 2 rings (SSSR count). The average molecular weight is 488 g/mol. The Kier molecular flexibility index (Phi) is 10.9. The molecule has 0 fully saturated rings. The van der Waals surface area contributed by atoms with Crippen molar-refractivity contribution >= 4 is 23.6 Å². The smallest absolute Gasteiger partial charge is 0.328 e. The second-order valence-electron chi connectivity index (χ2n) is 7.45. The predicted molar refractivity (Wildman–Crippen MR) is 133 cm³/mol. The predicted octanol–water partition coefficient (Wildman–Crippen LogP) is 2.73. The van der Waals surface area contributed by atoms with Gasteiger partial charge in [0.25, 0.3) is 0 Å². The SMILES string of the molecule is COc1cc(OC)c(C=CC(=O)Nc2ccc(OC)c(OC(=O)[C@H](N)CCCCN)c2)c(OC)c1. The molecule has 10 heteroatoms. The lowest BCUT2D eigenvalue weighted by molar-refractivity contribution is -0.136. The van der Waals surface area contributed by atoms with Crippen LogP contribution < -0.4 is 40.5 Å². The van der Waals surface area contributed by atoms with Crippen LogP contribution in [0.15, 0.2) is 36.4 Å². The van der Waals surface area contributed by atoms with E-state index in [-0.39, 0.29) is 5.75 Å². The third-order valence-electron chi connectivity index (χ3n) is 5.07. The van der Waals surface area contributed by atoms with E-state index in [9.17, 15) is 9.59 Å². The molecule has 0 aromatic heterocycles. The number of anilines is 1. The zero-order chi connectivity index (χ0) is 25.8. The number of unbranched alkanes of at least 4 members (excludes halogenated alkanes) is 1. The van der Waals surface area contributed by atoms with Gasteiger partial charge in [-0.1, -0.05) is 6.42 Å². The summed E-state index contributed by atoms with van der Waals surface area (Å²) in [6, 6.07) is 7.27. The van der Waals surface area contributed by atoms with Gasteiger partial charge in [0.1, 0.15) is 23.3 Å². The van der Waals surface area contributed by atoms with E-state index in [1.807, 2.05) is 0 Å². The summed E-state index contributed by atoms with van der Waals surface area (Å²) in [4.78, 5) is 24.9. The number of carbonyl (C=O) groups excluding carboxylic acids is 2. The fraction of sp³-hybridized carbons (Fsp3) is 0.360. The lowest BCUT2D eigenvalue weighted by Crippen LogP contribution is -2.34. The number of nitrogens with two attached hydrogens (primary N) is 2. The fourth-order valence-corrected chi connectivity index (χ4v) is 3.18. The molecule has 10 nitrogen and oxygen atoms in total. The Morgan fingerprint density at radius 1 is 0.914 bits per heavy atom. The monoisotopic (exact) mass is 487 g/mol. The number of ether oxygens (including phenoxy) is 5. The summed E-state index contributed by atoms with van der Waals surface area (Å²) in [7, 11) is 6.00. The first kappa shape index (κ1) is 27.5. The molecule has 0 bridgehead atoms. The summed E-state index contributed by atoms with van der Waals surface area (Å²) < 4.78 is 26.7. The van der Waals surface area contributed by atoms with Crippen molar-refractivity contribution in [3.63, 3.8) is 0 Å². The van der Waals surface area contributed by atoms with E-state index in [1.165, 1.54) is 40.6 Å². The number of hydrogen-bond donors (Lipinski definition) is 3. The van der Waals surface area contributed by atoms with Crippen molar-refractivity contribution in [1.29, 1.82) is 0 Å². The number of hydrogen-bond acceptors (Lipinski definition) is 9. The van der Waals surface area contributed by atoms with E-state index < -0.39 is 17.9 Å². The van der Waals surface area contributed by atoms with Crippen molar-refractivity contribution in [3.8, 4) is 28.7 Å². The minimum Gasteiger partial charge on any atom is -0.496 e. The minimum atomic E-state index is -0.790. The van der Waals surface area contributed by atoms with E-state index in [1.54, 1.807) is 30.3 Å². The summed E-state index contributed by atoms with van der Waals surface area (Å²) in [6.07, 6.45) is 4.84. The van der Waals surface area contributed by atoms with Crippen molar-refractivity contribution in [3.05, 3.63) is 42.0 Å². The molecule has 190 valence electrons. The number of nitrogens with one attached hydrogen (secondary N) is 1. The molecular formula is C25H33N3O7. The third-order valence-corrected chi connectivity index (χ3v) is 5.07. The van der Waals surface area contributed by atoms with Crippen LogP contribution in [0.3, 0.4) is 0 Å². The molecule has 0 heterocycles. The Hall–Kier alpha value is -3.76. The first-order valence-electron chi connectivity index (χ1n) is 11.0. The van der Waals surface area contributed by atoms with E-state index in [4.69, 9.17) is 35.2 Å². The van der Waals surface area contributed by atoms with Crippen LogP contribution in [0.2, 0.25) is 0 Å². The topological polar surface area (TPSA) is 144 Å². The third kappa shape index (κ3) is 7.90. The molecule has 0 saturated heterocycles. The van der Waals surface area contributed by atoms with Crippen molar-refractivity contribution < 1.29 is 33.3 Å². The van der Waals surface area contributed by atoms with Gasteiger partial charge in [0.2, 0.25) is 5.91 Å². The summed E-state index contributed by atoms with van der Waals surface area (Å²) in [6.45, 7) is 0.532. The largest absolute Gasteiger partial charge is 0.496 e. The van der Waals surface area contributed by atoms with Gasteiger partial charge in [-0.25, -0.2) is 4.79 Å². The van der Waals surface area contributed by atoms with E-state index >= 15 is 0 Å². The van der Waals surface area contributed by atoms with Crippen molar-refractivity contribution in [2.45, 2.75) is 25.3 Å². The summed E-state index contributed by atoms with van der Waals surface area (Å²) >= 11 is 0. The molecule has 0 radical (unpaired) electrons. The molecule has 1 atom stereocenters. The van der Waals surface area contributed by atoms with Gasteiger partial charge in [0.05, 0.1) is 34.0 Å². The Morgan fingerprint density at radius 3 is 2.14 bits per heavy atom. The molecule has 0 saturated carbocycles. The van der Waals surface area contributed by atoms with E-state index in [0.717, 1.165) is 12.8 Å². The van der Waals surface area contributed by atoms with E-state index in [0.29, 0.717) is 47.2 Å². The molecule has 2 aromatic rings.